The van der Waals surface area contributed by atoms with Crippen LogP contribution in [0.5, 0.6) is 5.75 Å². The zero-order valence-electron chi connectivity index (χ0n) is 10.8. The lowest BCUT2D eigenvalue weighted by atomic mass is 10.1. The van der Waals surface area contributed by atoms with Crippen molar-refractivity contribution in [3.63, 3.8) is 0 Å². The van der Waals surface area contributed by atoms with E-state index in [0.717, 1.165) is 5.56 Å². The van der Waals surface area contributed by atoms with Gasteiger partial charge in [0.15, 0.2) is 0 Å². The number of carbonyl (C=O) groups is 2. The first kappa shape index (κ1) is 14.0. The summed E-state index contributed by atoms with van der Waals surface area (Å²) in [6.07, 6.45) is 0.229. The molecule has 0 radical (unpaired) electrons. The van der Waals surface area contributed by atoms with Crippen molar-refractivity contribution in [3.8, 4) is 5.75 Å². The average Bonchev–Trinajstić information content (AvgIpc) is 2.29. The van der Waals surface area contributed by atoms with Gasteiger partial charge in [0.25, 0.3) is 0 Å². The average molecular weight is 251 g/mol. The predicted octanol–water partition coefficient (Wildman–Crippen LogP) is 1.41. The van der Waals surface area contributed by atoms with Crippen molar-refractivity contribution < 1.29 is 19.4 Å². The molecule has 0 unspecified atom stereocenters. The van der Waals surface area contributed by atoms with Crippen molar-refractivity contribution in [2.24, 2.45) is 0 Å². The minimum absolute atomic E-state index is 0.0412. The van der Waals surface area contributed by atoms with Crippen LogP contribution < -0.4 is 4.74 Å². The number of nitrogens with zero attached hydrogens (tertiary/aromatic N) is 1. The van der Waals surface area contributed by atoms with Crippen molar-refractivity contribution in [2.75, 3.05) is 20.7 Å². The van der Waals surface area contributed by atoms with E-state index in [1.165, 1.54) is 11.0 Å². The summed E-state index contributed by atoms with van der Waals surface area (Å²) in [4.78, 5) is 24.0. The van der Waals surface area contributed by atoms with Gasteiger partial charge in [-0.05, 0) is 24.6 Å². The van der Waals surface area contributed by atoms with Crippen LogP contribution >= 0.6 is 0 Å². The van der Waals surface area contributed by atoms with Crippen molar-refractivity contribution in [1.29, 1.82) is 0 Å². The SMILES string of the molecule is CCOc1cc(CC(=O)N(C)C)ccc1C(=O)O. The van der Waals surface area contributed by atoms with Gasteiger partial charge in [0.1, 0.15) is 11.3 Å². The van der Waals surface area contributed by atoms with Gasteiger partial charge in [-0.1, -0.05) is 6.07 Å². The number of rotatable bonds is 5. The maximum absolute atomic E-state index is 11.6. The van der Waals surface area contributed by atoms with E-state index >= 15 is 0 Å². The van der Waals surface area contributed by atoms with E-state index in [2.05, 4.69) is 0 Å². The van der Waals surface area contributed by atoms with Crippen LogP contribution in [0.1, 0.15) is 22.8 Å². The number of benzene rings is 1. The maximum Gasteiger partial charge on any atom is 0.339 e. The zero-order chi connectivity index (χ0) is 13.7. The standard InChI is InChI=1S/C13H17NO4/c1-4-18-11-7-9(8-12(15)14(2)3)5-6-10(11)13(16)17/h5-7H,4,8H2,1-3H3,(H,16,17). The fourth-order valence-corrected chi connectivity index (χ4v) is 1.46. The molecule has 1 N–H and O–H groups in total. The van der Waals surface area contributed by atoms with Crippen LogP contribution in [-0.4, -0.2) is 42.6 Å². The molecule has 1 aromatic rings. The minimum Gasteiger partial charge on any atom is -0.493 e. The van der Waals surface area contributed by atoms with Gasteiger partial charge in [-0.2, -0.15) is 0 Å². The molecule has 0 aromatic heterocycles. The number of ether oxygens (including phenoxy) is 1. The van der Waals surface area contributed by atoms with E-state index in [-0.39, 0.29) is 17.9 Å². The number of aromatic carboxylic acids is 1. The molecule has 0 bridgehead atoms. The van der Waals surface area contributed by atoms with Crippen molar-refractivity contribution in [2.45, 2.75) is 13.3 Å². The van der Waals surface area contributed by atoms with Gasteiger partial charge in [0.2, 0.25) is 5.91 Å². The monoisotopic (exact) mass is 251 g/mol. The summed E-state index contributed by atoms with van der Waals surface area (Å²) in [6.45, 7) is 2.16. The Labute approximate surface area is 106 Å². The third-order valence-corrected chi connectivity index (χ3v) is 2.43. The van der Waals surface area contributed by atoms with Gasteiger partial charge in [-0.15, -0.1) is 0 Å². The molecule has 0 aliphatic rings. The number of carboxylic acid groups (broad SMARTS) is 1. The second-order valence-corrected chi connectivity index (χ2v) is 4.03. The van der Waals surface area contributed by atoms with Crippen LogP contribution in [0.25, 0.3) is 0 Å². The Morgan fingerprint density at radius 2 is 2.00 bits per heavy atom. The first-order valence-electron chi connectivity index (χ1n) is 5.64. The Balaban J connectivity index is 2.99. The van der Waals surface area contributed by atoms with E-state index in [9.17, 15) is 9.59 Å². The second-order valence-electron chi connectivity index (χ2n) is 4.03. The highest BCUT2D eigenvalue weighted by atomic mass is 16.5. The highest BCUT2D eigenvalue weighted by molar-refractivity contribution is 5.91. The number of likely N-dealkylation sites (N-methyl/N-ethyl adjacent to an activating group) is 1. The molecular formula is C13H17NO4. The number of carbonyl (C=O) groups excluding carboxylic acids is 1. The fourth-order valence-electron chi connectivity index (χ4n) is 1.46. The van der Waals surface area contributed by atoms with Crippen LogP contribution in [0, 0.1) is 0 Å². The summed E-state index contributed by atoms with van der Waals surface area (Å²) in [5.74, 6) is -0.779. The van der Waals surface area contributed by atoms with E-state index < -0.39 is 5.97 Å². The molecule has 0 saturated carbocycles. The highest BCUT2D eigenvalue weighted by Gasteiger charge is 2.13. The van der Waals surface area contributed by atoms with Gasteiger partial charge >= 0.3 is 5.97 Å². The lowest BCUT2D eigenvalue weighted by Crippen LogP contribution is -2.23. The molecule has 5 nitrogen and oxygen atoms in total. The molecule has 98 valence electrons. The molecule has 0 aliphatic heterocycles. The third kappa shape index (κ3) is 3.48. The Morgan fingerprint density at radius 3 is 2.50 bits per heavy atom. The topological polar surface area (TPSA) is 66.8 Å². The first-order chi connectivity index (χ1) is 8.45. The third-order valence-electron chi connectivity index (χ3n) is 2.43. The molecule has 0 fully saturated rings. The summed E-state index contributed by atoms with van der Waals surface area (Å²) in [5.41, 5.74) is 0.847. The normalized spacial score (nSPS) is 9.94. The summed E-state index contributed by atoms with van der Waals surface area (Å²) in [7, 11) is 3.36. The summed E-state index contributed by atoms with van der Waals surface area (Å²) in [6, 6.07) is 4.70. The molecule has 0 spiro atoms. The molecule has 0 atom stereocenters. The molecule has 1 amide bonds. The number of hydrogen-bond donors (Lipinski definition) is 1. The van der Waals surface area contributed by atoms with Gasteiger partial charge < -0.3 is 14.7 Å². The summed E-state index contributed by atoms with van der Waals surface area (Å²) in [5, 5.41) is 9.00. The van der Waals surface area contributed by atoms with Crippen LogP contribution in [-0.2, 0) is 11.2 Å². The smallest absolute Gasteiger partial charge is 0.339 e. The van der Waals surface area contributed by atoms with Crippen LogP contribution in [0.3, 0.4) is 0 Å². The van der Waals surface area contributed by atoms with Crippen LogP contribution in [0.15, 0.2) is 18.2 Å². The molecule has 0 aliphatic carbocycles. The number of amides is 1. The van der Waals surface area contributed by atoms with Gasteiger partial charge in [0.05, 0.1) is 13.0 Å². The van der Waals surface area contributed by atoms with E-state index in [4.69, 9.17) is 9.84 Å². The van der Waals surface area contributed by atoms with Gasteiger partial charge in [-0.25, -0.2) is 4.79 Å². The molecule has 1 rings (SSSR count). The fraction of sp³-hybridized carbons (Fsp3) is 0.385. The highest BCUT2D eigenvalue weighted by Crippen LogP contribution is 2.21. The second kappa shape index (κ2) is 6.05. The maximum atomic E-state index is 11.6. The number of hydrogen-bond acceptors (Lipinski definition) is 3. The Kier molecular flexibility index (Phi) is 4.71. The van der Waals surface area contributed by atoms with Crippen molar-refractivity contribution in [3.05, 3.63) is 29.3 Å². The summed E-state index contributed by atoms with van der Waals surface area (Å²) >= 11 is 0. The molecule has 5 heteroatoms. The quantitative estimate of drug-likeness (QED) is 0.859. The van der Waals surface area contributed by atoms with Gasteiger partial charge in [-0.3, -0.25) is 4.79 Å². The van der Waals surface area contributed by atoms with Crippen molar-refractivity contribution in [1.82, 2.24) is 4.90 Å². The molecular weight excluding hydrogens is 234 g/mol. The lowest BCUT2D eigenvalue weighted by molar-refractivity contribution is -0.127. The Bertz CT molecular complexity index is 454. The van der Waals surface area contributed by atoms with E-state index in [1.807, 2.05) is 0 Å². The van der Waals surface area contributed by atoms with Crippen molar-refractivity contribution >= 4 is 11.9 Å². The van der Waals surface area contributed by atoms with Crippen LogP contribution in [0.4, 0.5) is 0 Å². The molecule has 0 heterocycles. The number of carboxylic acids is 1. The predicted molar refractivity (Wildman–Crippen MR) is 67.0 cm³/mol. The lowest BCUT2D eigenvalue weighted by Gasteiger charge is -2.12. The first-order valence-corrected chi connectivity index (χ1v) is 5.64. The minimum atomic E-state index is -1.04. The summed E-state index contributed by atoms with van der Waals surface area (Å²) < 4.78 is 5.28. The van der Waals surface area contributed by atoms with Crippen LogP contribution in [0.2, 0.25) is 0 Å². The largest absolute Gasteiger partial charge is 0.493 e. The zero-order valence-corrected chi connectivity index (χ0v) is 10.8. The van der Waals surface area contributed by atoms with E-state index in [1.54, 1.807) is 33.2 Å². The molecule has 18 heavy (non-hydrogen) atoms. The Morgan fingerprint density at radius 1 is 1.33 bits per heavy atom. The molecule has 0 saturated heterocycles. The Hall–Kier alpha value is -2.04. The van der Waals surface area contributed by atoms with E-state index in [0.29, 0.717) is 12.4 Å². The molecule has 1 aromatic carbocycles. The van der Waals surface area contributed by atoms with Gasteiger partial charge in [0, 0.05) is 14.1 Å².